The number of aldehydes is 1. The van der Waals surface area contributed by atoms with Gasteiger partial charge in [-0.3, -0.25) is 19.2 Å². The van der Waals surface area contributed by atoms with Gasteiger partial charge in [-0.1, -0.05) is 60.7 Å². The Morgan fingerprint density at radius 2 is 1.56 bits per heavy atom. The molecule has 2 aliphatic heterocycles. The Kier molecular flexibility index (Phi) is 9.11. The first-order chi connectivity index (χ1) is 18.8. The lowest BCUT2D eigenvalue weighted by Crippen LogP contribution is -2.66. The third kappa shape index (κ3) is 6.90. The molecule has 0 spiro atoms. The van der Waals surface area contributed by atoms with E-state index in [9.17, 15) is 24.0 Å². The van der Waals surface area contributed by atoms with Crippen molar-refractivity contribution in [3.63, 3.8) is 0 Å². The van der Waals surface area contributed by atoms with Crippen LogP contribution in [-0.2, 0) is 36.8 Å². The molecule has 1 unspecified atom stereocenters. The van der Waals surface area contributed by atoms with Gasteiger partial charge in [0.1, 0.15) is 30.0 Å². The molecule has 0 aromatic heterocycles. The highest BCUT2D eigenvalue weighted by Crippen LogP contribution is 2.22. The minimum absolute atomic E-state index is 0.180. The zero-order valence-corrected chi connectivity index (χ0v) is 22.2. The number of carbonyl (C=O) groups excluding carboxylic acids is 5. The minimum Gasteiger partial charge on any atom is -0.343 e. The highest BCUT2D eigenvalue weighted by Gasteiger charge is 2.43. The van der Waals surface area contributed by atoms with E-state index in [4.69, 9.17) is 0 Å². The maximum absolute atomic E-state index is 13.9. The van der Waals surface area contributed by atoms with Crippen LogP contribution in [0, 0.1) is 0 Å². The number of rotatable bonds is 8. The highest BCUT2D eigenvalue weighted by molar-refractivity contribution is 5.99. The summed E-state index contributed by atoms with van der Waals surface area (Å²) in [5.41, 5.74) is 0.285. The van der Waals surface area contributed by atoms with Crippen molar-refractivity contribution in [1.82, 2.24) is 20.9 Å². The summed E-state index contributed by atoms with van der Waals surface area (Å²) in [4.78, 5) is 67.2. The van der Waals surface area contributed by atoms with Crippen LogP contribution >= 0.6 is 0 Å². The second-order valence-corrected chi connectivity index (χ2v) is 10.5. The van der Waals surface area contributed by atoms with Gasteiger partial charge in [-0.25, -0.2) is 0 Å². The van der Waals surface area contributed by atoms with Crippen LogP contribution in [0.1, 0.15) is 50.2 Å². The van der Waals surface area contributed by atoms with E-state index in [1.54, 1.807) is 6.92 Å². The predicted octanol–water partition coefficient (Wildman–Crippen LogP) is 1.69. The fourth-order valence-electron chi connectivity index (χ4n) is 5.36. The molecule has 206 valence electrons. The van der Waals surface area contributed by atoms with E-state index in [1.165, 1.54) is 4.90 Å². The molecule has 4 rings (SSSR count). The van der Waals surface area contributed by atoms with Crippen molar-refractivity contribution >= 4 is 29.9 Å². The Bertz CT molecular complexity index is 1190. The normalized spacial score (nSPS) is 26.0. The van der Waals surface area contributed by atoms with Crippen molar-refractivity contribution in [3.05, 3.63) is 71.8 Å². The van der Waals surface area contributed by atoms with Gasteiger partial charge < -0.3 is 25.6 Å². The zero-order chi connectivity index (χ0) is 27.8. The van der Waals surface area contributed by atoms with Gasteiger partial charge in [0.25, 0.3) is 0 Å². The molecular formula is C30H36N4O5. The zero-order valence-electron chi connectivity index (χ0n) is 22.2. The summed E-state index contributed by atoms with van der Waals surface area (Å²) >= 11 is 0. The molecule has 4 amide bonds. The Labute approximate surface area is 228 Å². The average molecular weight is 533 g/mol. The van der Waals surface area contributed by atoms with Gasteiger partial charge in [0.15, 0.2) is 0 Å². The van der Waals surface area contributed by atoms with Crippen molar-refractivity contribution in [2.24, 2.45) is 0 Å². The van der Waals surface area contributed by atoms with Crippen molar-refractivity contribution in [2.75, 3.05) is 6.54 Å². The maximum Gasteiger partial charge on any atom is 0.246 e. The minimum atomic E-state index is -1.41. The Balaban J connectivity index is 1.71. The van der Waals surface area contributed by atoms with Gasteiger partial charge >= 0.3 is 0 Å². The van der Waals surface area contributed by atoms with E-state index < -0.39 is 41.4 Å². The van der Waals surface area contributed by atoms with Crippen LogP contribution in [0.25, 0.3) is 0 Å². The summed E-state index contributed by atoms with van der Waals surface area (Å²) in [6, 6.07) is 16.1. The Morgan fingerprint density at radius 3 is 2.23 bits per heavy atom. The fourth-order valence-corrected chi connectivity index (χ4v) is 5.36. The van der Waals surface area contributed by atoms with E-state index >= 15 is 0 Å². The largest absolute Gasteiger partial charge is 0.343 e. The molecule has 2 fully saturated rings. The maximum atomic E-state index is 13.9. The molecule has 2 aromatic rings. The van der Waals surface area contributed by atoms with Gasteiger partial charge in [0.2, 0.25) is 23.6 Å². The summed E-state index contributed by atoms with van der Waals surface area (Å²) < 4.78 is 0. The first-order valence-corrected chi connectivity index (χ1v) is 13.6. The number of hydrogen-bond acceptors (Lipinski definition) is 5. The standard InChI is InChI=1S/C30H36N4O5/c1-30(20-22-13-6-3-7-14-22)29(39)32-24(19-21-11-4-2-5-12-21)28(38)34-17-10-16-25(34)27(37)31-23(26(36)33-30)15-8-9-18-35/h2-7,11-14,18,23-25H,8-10,15-17,19-20H2,1H3,(H,31,37)(H,32,39)(H,33,36)/t23-,24?,25+,30+/m0/s1. The van der Waals surface area contributed by atoms with E-state index in [2.05, 4.69) is 16.0 Å². The SMILES string of the molecule is C[C@]1(Cc2ccccc2)NC(=O)[C@H](CCCC=O)NC(=O)[C@H]2CCCN2C(=O)C(Cc2ccccc2)NC1=O. The molecule has 2 heterocycles. The number of nitrogens with one attached hydrogen (secondary N) is 3. The molecule has 2 aromatic carbocycles. The van der Waals surface area contributed by atoms with Crippen LogP contribution in [0.2, 0.25) is 0 Å². The Hall–Kier alpha value is -4.01. The smallest absolute Gasteiger partial charge is 0.246 e. The van der Waals surface area contributed by atoms with Gasteiger partial charge in [-0.15, -0.1) is 0 Å². The van der Waals surface area contributed by atoms with Gasteiger partial charge in [-0.2, -0.15) is 0 Å². The lowest BCUT2D eigenvalue weighted by atomic mass is 9.90. The first-order valence-electron chi connectivity index (χ1n) is 13.6. The summed E-state index contributed by atoms with van der Waals surface area (Å²) in [7, 11) is 0. The number of amides is 4. The van der Waals surface area contributed by atoms with Crippen molar-refractivity contribution in [1.29, 1.82) is 0 Å². The fraction of sp³-hybridized carbons (Fsp3) is 0.433. The van der Waals surface area contributed by atoms with Crippen LogP contribution in [0.15, 0.2) is 60.7 Å². The first kappa shape index (κ1) is 28.0. The number of carbonyl (C=O) groups is 5. The van der Waals surface area contributed by atoms with E-state index in [-0.39, 0.29) is 31.6 Å². The second-order valence-electron chi connectivity index (χ2n) is 10.5. The molecule has 2 saturated heterocycles. The van der Waals surface area contributed by atoms with Gasteiger partial charge in [0.05, 0.1) is 0 Å². The molecule has 0 radical (unpaired) electrons. The van der Waals surface area contributed by atoms with Crippen LogP contribution in [0.3, 0.4) is 0 Å². The monoisotopic (exact) mass is 532 g/mol. The molecule has 3 N–H and O–H groups in total. The number of unbranched alkanes of at least 4 members (excludes halogenated alkanes) is 1. The third-order valence-corrected chi connectivity index (χ3v) is 7.47. The van der Waals surface area contributed by atoms with Crippen molar-refractivity contribution in [3.8, 4) is 0 Å². The quantitative estimate of drug-likeness (QED) is 0.353. The third-order valence-electron chi connectivity index (χ3n) is 7.47. The topological polar surface area (TPSA) is 125 Å². The Morgan fingerprint density at radius 1 is 0.897 bits per heavy atom. The van der Waals surface area contributed by atoms with E-state index in [0.717, 1.165) is 17.4 Å². The summed E-state index contributed by atoms with van der Waals surface area (Å²) in [5.74, 6) is -1.71. The van der Waals surface area contributed by atoms with E-state index in [1.807, 2.05) is 60.7 Å². The summed E-state index contributed by atoms with van der Waals surface area (Å²) in [6.45, 7) is 2.02. The molecule has 0 bridgehead atoms. The molecule has 0 saturated carbocycles. The molecule has 9 heteroatoms. The van der Waals surface area contributed by atoms with Gasteiger partial charge in [0, 0.05) is 25.8 Å². The number of nitrogens with zero attached hydrogens (tertiary/aromatic N) is 1. The van der Waals surface area contributed by atoms with Crippen LogP contribution < -0.4 is 16.0 Å². The average Bonchev–Trinajstić information content (AvgIpc) is 3.42. The summed E-state index contributed by atoms with van der Waals surface area (Å²) in [5, 5.41) is 8.65. The highest BCUT2D eigenvalue weighted by atomic mass is 16.2. The van der Waals surface area contributed by atoms with E-state index in [0.29, 0.717) is 25.8 Å². The predicted molar refractivity (Wildman–Crippen MR) is 145 cm³/mol. The van der Waals surface area contributed by atoms with Gasteiger partial charge in [-0.05, 0) is 43.7 Å². The van der Waals surface area contributed by atoms with Crippen LogP contribution in [0.5, 0.6) is 0 Å². The molecular weight excluding hydrogens is 496 g/mol. The van der Waals surface area contributed by atoms with Crippen molar-refractivity contribution in [2.45, 2.75) is 75.5 Å². The van der Waals surface area contributed by atoms with Crippen LogP contribution in [0.4, 0.5) is 0 Å². The number of benzene rings is 2. The van der Waals surface area contributed by atoms with Crippen LogP contribution in [-0.4, -0.2) is 65.0 Å². The lowest BCUT2D eigenvalue weighted by molar-refractivity contribution is -0.144. The molecule has 9 nitrogen and oxygen atoms in total. The molecule has 4 atom stereocenters. The molecule has 2 aliphatic rings. The van der Waals surface area contributed by atoms with Crippen molar-refractivity contribution < 1.29 is 24.0 Å². The number of hydrogen-bond donors (Lipinski definition) is 3. The molecule has 0 aliphatic carbocycles. The number of fused-ring (bicyclic) bond motifs is 1. The molecule has 39 heavy (non-hydrogen) atoms. The summed E-state index contributed by atoms with van der Waals surface area (Å²) in [6.07, 6.45) is 3.19. The lowest BCUT2D eigenvalue weighted by Gasteiger charge is -2.36. The second kappa shape index (κ2) is 12.7.